The minimum atomic E-state index is -0.436. The first-order valence-corrected chi connectivity index (χ1v) is 9.29. The van der Waals surface area contributed by atoms with Gasteiger partial charge in [-0.15, -0.1) is 0 Å². The van der Waals surface area contributed by atoms with Gasteiger partial charge in [-0.2, -0.15) is 10.4 Å². The molecule has 0 aliphatic rings. The largest absolute Gasteiger partial charge is 0.453 e. The van der Waals surface area contributed by atoms with Crippen LogP contribution in [0.4, 0.5) is 0 Å². The van der Waals surface area contributed by atoms with Crippen molar-refractivity contribution < 1.29 is 14.3 Å². The Labute approximate surface area is 178 Å². The molecular weight excluding hydrogens is 406 g/mol. The monoisotopic (exact) mass is 423 g/mol. The summed E-state index contributed by atoms with van der Waals surface area (Å²) in [7, 11) is 0. The molecule has 0 saturated carbocycles. The molecule has 0 unspecified atom stereocenters. The zero-order valence-electron chi connectivity index (χ0n) is 16.5. The van der Waals surface area contributed by atoms with Crippen molar-refractivity contribution in [2.45, 2.75) is 20.8 Å². The number of ether oxygens (including phenoxy) is 1. The number of hydrogen-bond donors (Lipinski definition) is 2. The number of aromatic nitrogens is 2. The smallest absolute Gasteiger partial charge is 0.269 e. The highest BCUT2D eigenvalue weighted by molar-refractivity contribution is 6.31. The zero-order chi connectivity index (χ0) is 21.8. The van der Waals surface area contributed by atoms with Gasteiger partial charge in [-0.1, -0.05) is 11.6 Å². The van der Waals surface area contributed by atoms with Crippen molar-refractivity contribution in [1.82, 2.24) is 20.6 Å². The normalized spacial score (nSPS) is 10.2. The molecule has 0 radical (unpaired) electrons. The van der Waals surface area contributed by atoms with Gasteiger partial charge in [0.2, 0.25) is 5.91 Å². The molecule has 0 aliphatic heterocycles. The minimum absolute atomic E-state index is 0.346. The van der Waals surface area contributed by atoms with Gasteiger partial charge in [0.05, 0.1) is 22.0 Å². The summed E-state index contributed by atoms with van der Waals surface area (Å²) in [6.45, 7) is 4.98. The van der Waals surface area contributed by atoms with E-state index in [1.807, 2.05) is 19.9 Å². The van der Waals surface area contributed by atoms with Gasteiger partial charge in [0.1, 0.15) is 17.5 Å². The van der Waals surface area contributed by atoms with Crippen molar-refractivity contribution in [2.75, 3.05) is 0 Å². The lowest BCUT2D eigenvalue weighted by atomic mass is 10.2. The summed E-state index contributed by atoms with van der Waals surface area (Å²) in [4.78, 5) is 22.8. The molecule has 0 fully saturated rings. The topological polar surface area (TPSA) is 109 Å². The maximum atomic E-state index is 11.9. The van der Waals surface area contributed by atoms with Crippen molar-refractivity contribution >= 4 is 23.4 Å². The van der Waals surface area contributed by atoms with Crippen LogP contribution in [0.2, 0.25) is 5.02 Å². The molecule has 8 nitrogen and oxygen atoms in total. The molecule has 0 atom stereocenters. The number of benzene rings is 2. The highest BCUT2D eigenvalue weighted by atomic mass is 35.5. The van der Waals surface area contributed by atoms with Crippen LogP contribution in [-0.2, 0) is 4.79 Å². The molecule has 3 rings (SSSR count). The van der Waals surface area contributed by atoms with Gasteiger partial charge in [0.25, 0.3) is 5.91 Å². The standard InChI is InChI=1S/C21H18ClN5O3/c1-12-20(13(2)27(26-12)17-7-4-16(11-23)19(22)10-17)30-18-8-5-15(6-9-18)21(29)25-24-14(3)28/h4-10H,1-3H3,(H,24,28)(H,25,29). The van der Waals surface area contributed by atoms with Crippen LogP contribution in [0.25, 0.3) is 5.69 Å². The second-order valence-corrected chi connectivity index (χ2v) is 6.86. The summed E-state index contributed by atoms with van der Waals surface area (Å²) < 4.78 is 7.67. The molecule has 2 N–H and O–H groups in total. The SMILES string of the molecule is CC(=O)NNC(=O)c1ccc(Oc2c(C)nn(-c3ccc(C#N)c(Cl)c3)c2C)cc1. The molecule has 0 bridgehead atoms. The van der Waals surface area contributed by atoms with Crippen molar-refractivity contribution in [3.63, 3.8) is 0 Å². The first-order valence-electron chi connectivity index (χ1n) is 8.91. The number of hydrazine groups is 1. The number of carbonyl (C=O) groups is 2. The summed E-state index contributed by atoms with van der Waals surface area (Å²) in [6, 6.07) is 13.6. The van der Waals surface area contributed by atoms with E-state index in [1.165, 1.54) is 6.92 Å². The molecule has 9 heteroatoms. The van der Waals surface area contributed by atoms with Crippen molar-refractivity contribution in [3.8, 4) is 23.3 Å². The quantitative estimate of drug-likeness (QED) is 0.623. The lowest BCUT2D eigenvalue weighted by molar-refractivity contribution is -0.119. The second-order valence-electron chi connectivity index (χ2n) is 6.45. The Balaban J connectivity index is 1.81. The predicted molar refractivity (Wildman–Crippen MR) is 111 cm³/mol. The molecule has 2 aromatic carbocycles. The van der Waals surface area contributed by atoms with Crippen molar-refractivity contribution in [3.05, 3.63) is 70.0 Å². The van der Waals surface area contributed by atoms with E-state index in [0.29, 0.717) is 39.0 Å². The first kappa shape index (κ1) is 20.9. The van der Waals surface area contributed by atoms with Gasteiger partial charge in [-0.05, 0) is 56.3 Å². The van der Waals surface area contributed by atoms with Gasteiger partial charge in [-0.25, -0.2) is 4.68 Å². The van der Waals surface area contributed by atoms with E-state index in [4.69, 9.17) is 21.6 Å². The summed E-state index contributed by atoms with van der Waals surface area (Å²) in [5, 5.41) is 13.9. The van der Waals surface area contributed by atoms with Gasteiger partial charge in [-0.3, -0.25) is 20.4 Å². The number of nitrogens with one attached hydrogen (secondary N) is 2. The highest BCUT2D eigenvalue weighted by Crippen LogP contribution is 2.31. The van der Waals surface area contributed by atoms with E-state index in [2.05, 4.69) is 16.0 Å². The number of halogens is 1. The van der Waals surface area contributed by atoms with Crippen LogP contribution < -0.4 is 15.6 Å². The van der Waals surface area contributed by atoms with Crippen LogP contribution in [0, 0.1) is 25.2 Å². The molecular formula is C21H18ClN5O3. The van der Waals surface area contributed by atoms with Gasteiger partial charge in [0, 0.05) is 12.5 Å². The lowest BCUT2D eigenvalue weighted by Crippen LogP contribution is -2.40. The molecule has 3 aromatic rings. The number of nitrogens with zero attached hydrogens (tertiary/aromatic N) is 3. The van der Waals surface area contributed by atoms with E-state index >= 15 is 0 Å². The van der Waals surface area contributed by atoms with E-state index in [9.17, 15) is 9.59 Å². The lowest BCUT2D eigenvalue weighted by Gasteiger charge is -2.09. The Hall–Kier alpha value is -3.83. The molecule has 0 aliphatic carbocycles. The molecule has 2 amide bonds. The van der Waals surface area contributed by atoms with Crippen LogP contribution in [0.5, 0.6) is 11.5 Å². The van der Waals surface area contributed by atoms with Gasteiger partial charge < -0.3 is 4.74 Å². The van der Waals surface area contributed by atoms with Crippen molar-refractivity contribution in [2.24, 2.45) is 0 Å². The Morgan fingerprint density at radius 2 is 1.83 bits per heavy atom. The Kier molecular flexibility index (Phi) is 6.04. The van der Waals surface area contributed by atoms with E-state index in [-0.39, 0.29) is 5.91 Å². The summed E-state index contributed by atoms with van der Waals surface area (Å²) in [5.41, 5.74) is 7.41. The Bertz CT molecular complexity index is 1160. The third-order valence-corrected chi connectivity index (χ3v) is 4.54. The van der Waals surface area contributed by atoms with E-state index < -0.39 is 5.91 Å². The molecule has 1 heterocycles. The average Bonchev–Trinajstić information content (AvgIpc) is 3.00. The number of aryl methyl sites for hydroxylation is 1. The summed E-state index contributed by atoms with van der Waals surface area (Å²) in [6.07, 6.45) is 0. The highest BCUT2D eigenvalue weighted by Gasteiger charge is 2.16. The first-order chi connectivity index (χ1) is 14.3. The molecule has 1 aromatic heterocycles. The molecule has 152 valence electrons. The zero-order valence-corrected chi connectivity index (χ0v) is 17.2. The number of hydrogen-bond acceptors (Lipinski definition) is 5. The Morgan fingerprint density at radius 1 is 1.13 bits per heavy atom. The fraction of sp³-hybridized carbons (Fsp3) is 0.143. The third-order valence-electron chi connectivity index (χ3n) is 4.23. The van der Waals surface area contributed by atoms with Gasteiger partial charge >= 0.3 is 0 Å². The molecule has 0 spiro atoms. The van der Waals surface area contributed by atoms with E-state index in [1.54, 1.807) is 47.1 Å². The molecule has 0 saturated heterocycles. The number of nitriles is 1. The maximum Gasteiger partial charge on any atom is 0.269 e. The molecule has 30 heavy (non-hydrogen) atoms. The Morgan fingerprint density at radius 3 is 2.43 bits per heavy atom. The number of rotatable bonds is 4. The summed E-state index contributed by atoms with van der Waals surface area (Å²) in [5.74, 6) is 0.296. The number of amides is 2. The second kappa shape index (κ2) is 8.68. The van der Waals surface area contributed by atoms with Crippen LogP contribution >= 0.6 is 11.6 Å². The van der Waals surface area contributed by atoms with Crippen LogP contribution in [0.3, 0.4) is 0 Å². The fourth-order valence-corrected chi connectivity index (χ4v) is 2.98. The average molecular weight is 424 g/mol. The predicted octanol–water partition coefficient (Wildman–Crippen LogP) is 3.59. The van der Waals surface area contributed by atoms with Crippen molar-refractivity contribution in [1.29, 1.82) is 5.26 Å². The van der Waals surface area contributed by atoms with E-state index in [0.717, 1.165) is 5.69 Å². The maximum absolute atomic E-state index is 11.9. The fourth-order valence-electron chi connectivity index (χ4n) is 2.76. The van der Waals surface area contributed by atoms with Crippen LogP contribution in [0.15, 0.2) is 42.5 Å². The minimum Gasteiger partial charge on any atom is -0.453 e. The summed E-state index contributed by atoms with van der Waals surface area (Å²) >= 11 is 6.14. The third kappa shape index (κ3) is 4.42. The van der Waals surface area contributed by atoms with Crippen LogP contribution in [0.1, 0.15) is 34.2 Å². The van der Waals surface area contributed by atoms with Crippen LogP contribution in [-0.4, -0.2) is 21.6 Å². The number of carbonyl (C=O) groups excluding carboxylic acids is 2. The van der Waals surface area contributed by atoms with Gasteiger partial charge in [0.15, 0.2) is 5.75 Å².